The first kappa shape index (κ1) is 19.2. The second-order valence-electron chi connectivity index (χ2n) is 5.42. The van der Waals surface area contributed by atoms with Crippen LogP contribution < -0.4 is 4.72 Å². The molecule has 1 aliphatic rings. The van der Waals surface area contributed by atoms with E-state index in [2.05, 4.69) is 0 Å². The van der Waals surface area contributed by atoms with Gasteiger partial charge in [0, 0.05) is 13.1 Å². The summed E-state index contributed by atoms with van der Waals surface area (Å²) in [5, 5.41) is 8.98. The summed E-state index contributed by atoms with van der Waals surface area (Å²) < 4.78 is 66.5. The molecule has 2 N–H and O–H groups in total. The molecular weight excluding hydrogens is 325 g/mol. The molecule has 6 nitrogen and oxygen atoms in total. The van der Waals surface area contributed by atoms with Gasteiger partial charge in [0.15, 0.2) is 0 Å². The molecule has 0 bridgehead atoms. The second-order valence-corrected chi connectivity index (χ2v) is 7.13. The lowest BCUT2D eigenvalue weighted by Gasteiger charge is -2.34. The number of nitrogens with one attached hydrogen (secondary N) is 1. The number of rotatable bonds is 7. The van der Waals surface area contributed by atoms with E-state index in [0.717, 1.165) is 4.31 Å². The number of alkyl halides is 3. The summed E-state index contributed by atoms with van der Waals surface area (Å²) in [6, 6.07) is -1.22. The fraction of sp³-hybridized carbons (Fsp3) is 0.917. The fourth-order valence-electron chi connectivity index (χ4n) is 2.59. The van der Waals surface area contributed by atoms with Crippen molar-refractivity contribution >= 4 is 16.2 Å². The fourth-order valence-corrected chi connectivity index (χ4v) is 4.11. The number of nitrogens with zero attached hydrogens (tertiary/aromatic N) is 1. The van der Waals surface area contributed by atoms with Gasteiger partial charge >= 0.3 is 12.1 Å². The van der Waals surface area contributed by atoms with Crippen LogP contribution in [0.15, 0.2) is 0 Å². The zero-order valence-corrected chi connectivity index (χ0v) is 13.3. The molecular formula is C12H21F3N2O4S. The number of hydrogen-bond donors (Lipinski definition) is 2. The van der Waals surface area contributed by atoms with Crippen molar-refractivity contribution in [1.29, 1.82) is 0 Å². The first-order valence-electron chi connectivity index (χ1n) is 7.06. The molecule has 0 amide bonds. The standard InChI is InChI=1S/C12H21F3N2O4S/c1-3-11(4-2,12(13,14)15)8-16-22(20,21)17-7-5-6-9(17)10(18)19/h9,16H,3-8H2,1-2H3,(H,18,19). The minimum absolute atomic E-state index is 0.0103. The lowest BCUT2D eigenvalue weighted by molar-refractivity contribution is -0.224. The van der Waals surface area contributed by atoms with Crippen molar-refractivity contribution in [2.75, 3.05) is 13.1 Å². The number of aliphatic carboxylic acids is 1. The van der Waals surface area contributed by atoms with Crippen molar-refractivity contribution in [3.63, 3.8) is 0 Å². The van der Waals surface area contributed by atoms with Crippen LogP contribution in [-0.2, 0) is 15.0 Å². The molecule has 130 valence electrons. The van der Waals surface area contributed by atoms with Gasteiger partial charge in [-0.15, -0.1) is 0 Å². The van der Waals surface area contributed by atoms with Gasteiger partial charge in [-0.2, -0.15) is 25.9 Å². The zero-order chi connectivity index (χ0) is 17.2. The van der Waals surface area contributed by atoms with Gasteiger partial charge < -0.3 is 5.11 Å². The van der Waals surface area contributed by atoms with Gasteiger partial charge in [-0.1, -0.05) is 13.8 Å². The van der Waals surface area contributed by atoms with Crippen LogP contribution in [0.4, 0.5) is 13.2 Å². The van der Waals surface area contributed by atoms with Crippen molar-refractivity contribution in [1.82, 2.24) is 9.03 Å². The molecule has 1 saturated heterocycles. The highest BCUT2D eigenvalue weighted by molar-refractivity contribution is 7.87. The maximum absolute atomic E-state index is 13.2. The van der Waals surface area contributed by atoms with Gasteiger partial charge in [-0.05, 0) is 25.7 Å². The van der Waals surface area contributed by atoms with E-state index in [4.69, 9.17) is 5.11 Å². The Morgan fingerprint density at radius 3 is 2.27 bits per heavy atom. The van der Waals surface area contributed by atoms with Crippen LogP contribution in [0.25, 0.3) is 0 Å². The Morgan fingerprint density at radius 1 is 1.32 bits per heavy atom. The van der Waals surface area contributed by atoms with Gasteiger partial charge in [0.05, 0.1) is 5.41 Å². The molecule has 1 fully saturated rings. The molecule has 0 saturated carbocycles. The molecule has 10 heteroatoms. The van der Waals surface area contributed by atoms with Crippen molar-refractivity contribution in [3.05, 3.63) is 0 Å². The van der Waals surface area contributed by atoms with Crippen molar-refractivity contribution in [2.45, 2.75) is 51.7 Å². The number of hydrogen-bond acceptors (Lipinski definition) is 3. The van der Waals surface area contributed by atoms with Crippen LogP contribution in [0.3, 0.4) is 0 Å². The average molecular weight is 346 g/mol. The zero-order valence-electron chi connectivity index (χ0n) is 12.5. The summed E-state index contributed by atoms with van der Waals surface area (Å²) in [5.41, 5.74) is -2.15. The first-order valence-corrected chi connectivity index (χ1v) is 8.50. The Morgan fingerprint density at radius 2 is 1.86 bits per heavy atom. The normalized spacial score (nSPS) is 21.2. The van der Waals surface area contributed by atoms with E-state index in [1.54, 1.807) is 0 Å². The quantitative estimate of drug-likeness (QED) is 0.735. The van der Waals surface area contributed by atoms with E-state index in [1.807, 2.05) is 4.72 Å². The lowest BCUT2D eigenvalue weighted by atomic mass is 9.82. The first-order chi connectivity index (χ1) is 10.0. The number of halogens is 3. The minimum Gasteiger partial charge on any atom is -0.480 e. The molecule has 1 atom stereocenters. The molecule has 0 aromatic rings. The summed E-state index contributed by atoms with van der Waals surface area (Å²) in [6.07, 6.45) is -4.56. The Bertz CT molecular complexity index is 503. The minimum atomic E-state index is -4.55. The third-order valence-electron chi connectivity index (χ3n) is 4.35. The Labute approximate surface area is 127 Å². The summed E-state index contributed by atoms with van der Waals surface area (Å²) in [5.74, 6) is -1.30. The van der Waals surface area contributed by atoms with E-state index >= 15 is 0 Å². The third kappa shape index (κ3) is 3.72. The molecule has 0 aromatic heterocycles. The molecule has 22 heavy (non-hydrogen) atoms. The molecule has 0 radical (unpaired) electrons. The highest BCUT2D eigenvalue weighted by atomic mass is 32.2. The molecule has 0 aliphatic carbocycles. The van der Waals surface area contributed by atoms with Crippen LogP contribution in [0.5, 0.6) is 0 Å². The number of carboxylic acids is 1. The van der Waals surface area contributed by atoms with E-state index in [9.17, 15) is 26.4 Å². The molecule has 1 unspecified atom stereocenters. The molecule has 0 aromatic carbocycles. The van der Waals surface area contributed by atoms with E-state index < -0.39 is 40.4 Å². The Kier molecular flexibility index (Phi) is 5.85. The van der Waals surface area contributed by atoms with E-state index in [0.29, 0.717) is 6.42 Å². The van der Waals surface area contributed by atoms with Gasteiger partial charge in [0.2, 0.25) is 0 Å². The largest absolute Gasteiger partial charge is 0.480 e. The van der Waals surface area contributed by atoms with Crippen molar-refractivity contribution < 1.29 is 31.5 Å². The molecule has 0 spiro atoms. The van der Waals surface area contributed by atoms with Crippen molar-refractivity contribution in [2.24, 2.45) is 5.41 Å². The summed E-state index contributed by atoms with van der Waals surface area (Å²) in [4.78, 5) is 11.0. The maximum atomic E-state index is 13.2. The highest BCUT2D eigenvalue weighted by Gasteiger charge is 2.52. The van der Waals surface area contributed by atoms with E-state index in [1.165, 1.54) is 13.8 Å². The average Bonchev–Trinajstić information content (AvgIpc) is 2.89. The number of carbonyl (C=O) groups is 1. The molecule has 1 heterocycles. The Balaban J connectivity index is 2.91. The topological polar surface area (TPSA) is 86.7 Å². The monoisotopic (exact) mass is 346 g/mol. The number of carboxylic acid groups (broad SMARTS) is 1. The summed E-state index contributed by atoms with van der Waals surface area (Å²) >= 11 is 0. The Hall–Kier alpha value is -0.870. The van der Waals surface area contributed by atoms with Gasteiger partial charge in [0.25, 0.3) is 10.2 Å². The van der Waals surface area contributed by atoms with Crippen LogP contribution in [0.1, 0.15) is 39.5 Å². The predicted molar refractivity (Wildman–Crippen MR) is 73.4 cm³/mol. The molecule has 1 aliphatic heterocycles. The van der Waals surface area contributed by atoms with Gasteiger partial charge in [0.1, 0.15) is 6.04 Å². The van der Waals surface area contributed by atoms with Crippen LogP contribution in [-0.4, -0.2) is 49.1 Å². The van der Waals surface area contributed by atoms with E-state index in [-0.39, 0.29) is 25.8 Å². The predicted octanol–water partition coefficient (Wildman–Crippen LogP) is 1.74. The van der Waals surface area contributed by atoms with Gasteiger partial charge in [-0.3, -0.25) is 4.79 Å². The lowest BCUT2D eigenvalue weighted by Crippen LogP contribution is -2.52. The third-order valence-corrected chi connectivity index (χ3v) is 5.91. The smallest absolute Gasteiger partial charge is 0.395 e. The van der Waals surface area contributed by atoms with Crippen LogP contribution in [0, 0.1) is 5.41 Å². The van der Waals surface area contributed by atoms with Crippen LogP contribution in [0.2, 0.25) is 0 Å². The summed E-state index contributed by atoms with van der Waals surface area (Å²) in [6.45, 7) is 1.89. The van der Waals surface area contributed by atoms with Crippen molar-refractivity contribution in [3.8, 4) is 0 Å². The highest BCUT2D eigenvalue weighted by Crippen LogP contribution is 2.43. The SMILES string of the molecule is CCC(CC)(CNS(=O)(=O)N1CCCC1C(=O)O)C(F)(F)F. The maximum Gasteiger partial charge on any atom is 0.395 e. The second kappa shape index (κ2) is 6.71. The van der Waals surface area contributed by atoms with Gasteiger partial charge in [-0.25, -0.2) is 4.72 Å². The molecule has 1 rings (SSSR count). The summed E-state index contributed by atoms with van der Waals surface area (Å²) in [7, 11) is -4.27. The van der Waals surface area contributed by atoms with Crippen LogP contribution >= 0.6 is 0 Å².